The van der Waals surface area contributed by atoms with Crippen molar-refractivity contribution in [1.82, 2.24) is 14.5 Å². The van der Waals surface area contributed by atoms with Gasteiger partial charge in [0.2, 0.25) is 10.0 Å². The van der Waals surface area contributed by atoms with Gasteiger partial charge in [0.1, 0.15) is 12.1 Å². The lowest BCUT2D eigenvalue weighted by molar-refractivity contribution is -0.112. The van der Waals surface area contributed by atoms with E-state index in [0.29, 0.717) is 25.9 Å². The van der Waals surface area contributed by atoms with Crippen LogP contribution in [0.1, 0.15) is 19.8 Å². The van der Waals surface area contributed by atoms with Gasteiger partial charge in [-0.3, -0.25) is 0 Å². The topological polar surface area (TPSA) is 107 Å². The van der Waals surface area contributed by atoms with Gasteiger partial charge < -0.3 is 20.1 Å². The zero-order valence-electron chi connectivity index (χ0n) is 17.1. The molecule has 1 aliphatic heterocycles. The number of hydrogen-bond donors (Lipinski definition) is 2. The molecule has 0 bridgehead atoms. The summed E-state index contributed by atoms with van der Waals surface area (Å²) in [4.78, 5) is 23.6. The van der Waals surface area contributed by atoms with Gasteiger partial charge in [-0.1, -0.05) is 6.92 Å². The molecule has 2 aliphatic rings. The van der Waals surface area contributed by atoms with Crippen LogP contribution in [0.25, 0.3) is 0 Å². The van der Waals surface area contributed by atoms with Crippen LogP contribution in [-0.4, -0.2) is 73.9 Å². The average molecular weight is 442 g/mol. The van der Waals surface area contributed by atoms with Crippen LogP contribution in [0.3, 0.4) is 0 Å². The number of carbonyl (C=O) groups is 2. The first-order valence-electron chi connectivity index (χ1n) is 10.0. The van der Waals surface area contributed by atoms with Crippen LogP contribution in [-0.2, 0) is 14.8 Å². The Morgan fingerprint density at radius 1 is 1.33 bits per heavy atom. The number of sulfonamides is 1. The maximum atomic E-state index is 13.1. The molecule has 1 aliphatic carbocycles. The highest BCUT2D eigenvalue weighted by Gasteiger charge is 2.46. The minimum atomic E-state index is -3.67. The Morgan fingerprint density at radius 2 is 2.00 bits per heavy atom. The lowest BCUT2D eigenvalue weighted by atomic mass is 9.96. The smallest absolute Gasteiger partial charge is 0.407 e. The Hall–Kier alpha value is -2.04. The number of hydrogen-bond acceptors (Lipinski definition) is 5. The Balaban J connectivity index is 1.61. The van der Waals surface area contributed by atoms with Crippen LogP contribution in [0.4, 0.5) is 9.18 Å². The Labute approximate surface area is 176 Å². The Morgan fingerprint density at radius 3 is 2.60 bits per heavy atom. The summed E-state index contributed by atoms with van der Waals surface area (Å²) in [5.74, 6) is -0.299. The lowest BCUT2D eigenvalue weighted by Gasteiger charge is -2.29. The van der Waals surface area contributed by atoms with Gasteiger partial charge in [-0.05, 0) is 54.9 Å². The lowest BCUT2D eigenvalue weighted by Crippen LogP contribution is -2.47. The van der Waals surface area contributed by atoms with E-state index in [-0.39, 0.29) is 28.7 Å². The summed E-state index contributed by atoms with van der Waals surface area (Å²) in [6.07, 6.45) is 1.30. The van der Waals surface area contributed by atoms with Crippen molar-refractivity contribution in [2.75, 3.05) is 26.7 Å². The third-order valence-corrected chi connectivity index (χ3v) is 8.29. The highest BCUT2D eigenvalue weighted by atomic mass is 32.2. The molecule has 1 aromatic carbocycles. The Bertz CT molecular complexity index is 879. The molecule has 1 aromatic rings. The van der Waals surface area contributed by atoms with Crippen molar-refractivity contribution < 1.29 is 27.5 Å². The predicted molar refractivity (Wildman–Crippen MR) is 108 cm³/mol. The summed E-state index contributed by atoms with van der Waals surface area (Å²) in [7, 11) is -2.30. The molecule has 166 valence electrons. The molecule has 2 fully saturated rings. The normalized spacial score (nSPS) is 26.2. The second-order valence-corrected chi connectivity index (χ2v) is 10.2. The minimum Gasteiger partial charge on any atom is -0.465 e. The maximum absolute atomic E-state index is 13.1. The number of likely N-dealkylation sites (N-methyl/N-ethyl adjacent to an activating group) is 1. The van der Waals surface area contributed by atoms with Crippen LogP contribution < -0.4 is 5.32 Å². The van der Waals surface area contributed by atoms with Crippen LogP contribution in [0.2, 0.25) is 0 Å². The summed E-state index contributed by atoms with van der Waals surface area (Å²) in [6, 6.07) is 4.23. The largest absolute Gasteiger partial charge is 0.465 e. The number of benzene rings is 1. The number of nitrogens with zero attached hydrogens (tertiary/aromatic N) is 2. The second kappa shape index (κ2) is 8.99. The van der Waals surface area contributed by atoms with Crippen molar-refractivity contribution in [3.05, 3.63) is 30.1 Å². The van der Waals surface area contributed by atoms with Crippen LogP contribution in [0.5, 0.6) is 0 Å². The fourth-order valence-electron chi connectivity index (χ4n) is 4.62. The van der Waals surface area contributed by atoms with Gasteiger partial charge >= 0.3 is 6.09 Å². The number of aldehydes is 1. The van der Waals surface area contributed by atoms with Gasteiger partial charge in [-0.25, -0.2) is 17.6 Å². The van der Waals surface area contributed by atoms with Gasteiger partial charge in [-0.2, -0.15) is 4.31 Å². The highest BCUT2D eigenvalue weighted by Crippen LogP contribution is 2.40. The second-order valence-electron chi connectivity index (χ2n) is 8.29. The number of rotatable bonds is 8. The zero-order valence-corrected chi connectivity index (χ0v) is 17.9. The van der Waals surface area contributed by atoms with Crippen molar-refractivity contribution >= 4 is 22.4 Å². The van der Waals surface area contributed by atoms with E-state index in [9.17, 15) is 22.4 Å². The number of carboxylic acid groups (broad SMARTS) is 1. The fraction of sp³-hybridized carbons (Fsp3) is 0.600. The van der Waals surface area contributed by atoms with Gasteiger partial charge in [0.25, 0.3) is 0 Å². The first kappa shape index (κ1) is 22.6. The maximum Gasteiger partial charge on any atom is 0.407 e. The quantitative estimate of drug-likeness (QED) is 0.594. The number of fused-ring (bicyclic) bond motifs is 1. The summed E-state index contributed by atoms with van der Waals surface area (Å²) in [5, 5.41) is 12.5. The molecule has 0 aromatic heterocycles. The molecule has 30 heavy (non-hydrogen) atoms. The molecule has 8 nitrogen and oxygen atoms in total. The summed E-state index contributed by atoms with van der Waals surface area (Å²) >= 11 is 0. The molecule has 1 amide bonds. The standard InChI is InChI=1S/C20H28FN3O5S/c1-13(19(12-25)23(2)20(26)27)9-22-18-8-3-14-10-24(11-17(14)18)30(28,29)16-6-4-15(21)5-7-16/h4-7,12-14,17-19,22H,3,8-11H2,1-2H3,(H,26,27)/t13-,14-,17+,18+,19?/m1/s1. The summed E-state index contributed by atoms with van der Waals surface area (Å²) in [6.45, 7) is 3.11. The molecule has 1 unspecified atom stereocenters. The molecule has 3 rings (SSSR count). The van der Waals surface area contributed by atoms with Gasteiger partial charge in [0.15, 0.2) is 0 Å². The first-order chi connectivity index (χ1) is 14.1. The van der Waals surface area contributed by atoms with E-state index in [1.165, 1.54) is 23.5 Å². The number of amides is 1. The van der Waals surface area contributed by atoms with Crippen LogP contribution in [0.15, 0.2) is 29.2 Å². The molecule has 2 N–H and O–H groups in total. The van der Waals surface area contributed by atoms with Crippen LogP contribution >= 0.6 is 0 Å². The molecule has 10 heteroatoms. The third-order valence-electron chi connectivity index (χ3n) is 6.45. The molecule has 1 saturated carbocycles. The molecular weight excluding hydrogens is 413 g/mol. The number of carbonyl (C=O) groups excluding carboxylic acids is 1. The monoisotopic (exact) mass is 441 g/mol. The molecule has 0 radical (unpaired) electrons. The third kappa shape index (κ3) is 4.50. The van der Waals surface area contributed by atoms with Crippen LogP contribution in [0, 0.1) is 23.6 Å². The van der Waals surface area contributed by atoms with E-state index >= 15 is 0 Å². The van der Waals surface area contributed by atoms with E-state index in [4.69, 9.17) is 5.11 Å². The summed E-state index contributed by atoms with van der Waals surface area (Å²) in [5.41, 5.74) is 0. The molecule has 1 saturated heterocycles. The van der Waals surface area contributed by atoms with Gasteiger partial charge in [0.05, 0.1) is 10.9 Å². The van der Waals surface area contributed by atoms with Crippen molar-refractivity contribution in [1.29, 1.82) is 0 Å². The van der Waals surface area contributed by atoms with E-state index in [1.54, 1.807) is 0 Å². The van der Waals surface area contributed by atoms with Crippen molar-refractivity contribution in [2.45, 2.75) is 36.7 Å². The zero-order chi connectivity index (χ0) is 22.1. The summed E-state index contributed by atoms with van der Waals surface area (Å²) < 4.78 is 40.4. The van der Waals surface area contributed by atoms with E-state index < -0.39 is 28.0 Å². The fourth-order valence-corrected chi connectivity index (χ4v) is 6.16. The van der Waals surface area contributed by atoms with Crippen molar-refractivity contribution in [2.24, 2.45) is 17.8 Å². The predicted octanol–water partition coefficient (Wildman–Crippen LogP) is 1.63. The van der Waals surface area contributed by atoms with Gasteiger partial charge in [0, 0.05) is 32.7 Å². The minimum absolute atomic E-state index is 0.0903. The number of halogens is 1. The SMILES string of the molecule is C[C@H](CN[C@H]1CC[C@@H]2CN(S(=O)(=O)c3ccc(F)cc3)C[C@@H]21)C(C=O)N(C)C(=O)O. The highest BCUT2D eigenvalue weighted by molar-refractivity contribution is 7.89. The molecule has 5 atom stereocenters. The molecule has 1 heterocycles. The van der Waals surface area contributed by atoms with E-state index in [1.807, 2.05) is 6.92 Å². The first-order valence-corrected chi connectivity index (χ1v) is 11.5. The van der Waals surface area contributed by atoms with E-state index in [2.05, 4.69) is 5.32 Å². The van der Waals surface area contributed by atoms with Crippen molar-refractivity contribution in [3.8, 4) is 0 Å². The molecule has 0 spiro atoms. The average Bonchev–Trinajstić information content (AvgIpc) is 3.28. The molecular formula is C20H28FN3O5S. The van der Waals surface area contributed by atoms with Crippen molar-refractivity contribution in [3.63, 3.8) is 0 Å². The van der Waals surface area contributed by atoms with Gasteiger partial charge in [-0.15, -0.1) is 0 Å². The Kier molecular flexibility index (Phi) is 6.78. The van der Waals surface area contributed by atoms with E-state index in [0.717, 1.165) is 29.9 Å². The number of nitrogens with one attached hydrogen (secondary N) is 1.